The standard InChI is InChI=1S/C10H11ClN4O/c11-9-5-7(1-3-12-9)14-15-8-2-4-13-10(16)6-8/h1,3,5H,2,4,6H2,(H,12,14)(H,13,16). The van der Waals surface area contributed by atoms with E-state index in [2.05, 4.69) is 20.8 Å². The predicted octanol–water partition coefficient (Wildman–Crippen LogP) is 1.41. The number of halogens is 1. The first-order chi connectivity index (χ1) is 7.74. The number of piperidine rings is 1. The highest BCUT2D eigenvalue weighted by Crippen LogP contribution is 2.12. The van der Waals surface area contributed by atoms with Gasteiger partial charge in [0.1, 0.15) is 5.15 Å². The summed E-state index contributed by atoms with van der Waals surface area (Å²) in [6.45, 7) is 0.649. The van der Waals surface area contributed by atoms with Crippen LogP contribution in [0.2, 0.25) is 5.15 Å². The van der Waals surface area contributed by atoms with Crippen molar-refractivity contribution in [1.29, 1.82) is 0 Å². The van der Waals surface area contributed by atoms with Crippen LogP contribution in [0.3, 0.4) is 0 Å². The van der Waals surface area contributed by atoms with E-state index >= 15 is 0 Å². The minimum Gasteiger partial charge on any atom is -0.355 e. The van der Waals surface area contributed by atoms with Gasteiger partial charge in [0.15, 0.2) is 0 Å². The van der Waals surface area contributed by atoms with E-state index in [9.17, 15) is 4.79 Å². The first kappa shape index (κ1) is 10.9. The van der Waals surface area contributed by atoms with Gasteiger partial charge in [-0.25, -0.2) is 4.98 Å². The zero-order valence-corrected chi connectivity index (χ0v) is 9.29. The minimum atomic E-state index is 0.0135. The molecule has 0 bridgehead atoms. The molecule has 0 unspecified atom stereocenters. The van der Waals surface area contributed by atoms with Crippen LogP contribution in [-0.4, -0.2) is 23.1 Å². The smallest absolute Gasteiger partial charge is 0.225 e. The van der Waals surface area contributed by atoms with Gasteiger partial charge in [-0.2, -0.15) is 5.10 Å². The molecule has 1 aromatic rings. The third kappa shape index (κ3) is 2.93. The van der Waals surface area contributed by atoms with Crippen LogP contribution in [0.15, 0.2) is 23.4 Å². The van der Waals surface area contributed by atoms with Gasteiger partial charge in [0.2, 0.25) is 5.91 Å². The Morgan fingerprint density at radius 2 is 2.44 bits per heavy atom. The molecule has 0 radical (unpaired) electrons. The van der Waals surface area contributed by atoms with Gasteiger partial charge in [-0.05, 0) is 6.07 Å². The zero-order chi connectivity index (χ0) is 11.4. The Labute approximate surface area is 97.9 Å². The molecule has 1 aliphatic rings. The molecule has 1 aliphatic heterocycles. The molecule has 6 heteroatoms. The Kier molecular flexibility index (Phi) is 3.36. The summed E-state index contributed by atoms with van der Waals surface area (Å²) in [7, 11) is 0. The second-order valence-corrected chi connectivity index (χ2v) is 3.82. The summed E-state index contributed by atoms with van der Waals surface area (Å²) in [6, 6.07) is 3.44. The van der Waals surface area contributed by atoms with Gasteiger partial charge >= 0.3 is 0 Å². The normalized spacial score (nSPS) is 18.3. The Morgan fingerprint density at radius 3 is 3.19 bits per heavy atom. The Hall–Kier alpha value is -1.62. The second-order valence-electron chi connectivity index (χ2n) is 3.43. The third-order valence-electron chi connectivity index (χ3n) is 2.17. The largest absolute Gasteiger partial charge is 0.355 e. The lowest BCUT2D eigenvalue weighted by atomic mass is 10.1. The lowest BCUT2D eigenvalue weighted by Crippen LogP contribution is -2.34. The van der Waals surface area contributed by atoms with E-state index in [1.807, 2.05) is 0 Å². The monoisotopic (exact) mass is 238 g/mol. The van der Waals surface area contributed by atoms with Crippen molar-refractivity contribution in [3.8, 4) is 0 Å². The van der Waals surface area contributed by atoms with Gasteiger partial charge in [-0.3, -0.25) is 10.2 Å². The second kappa shape index (κ2) is 4.94. The molecule has 2 rings (SSSR count). The minimum absolute atomic E-state index is 0.0135. The van der Waals surface area contributed by atoms with Gasteiger partial charge in [-0.1, -0.05) is 11.6 Å². The van der Waals surface area contributed by atoms with Gasteiger partial charge < -0.3 is 5.32 Å². The fraction of sp³-hybridized carbons (Fsp3) is 0.300. The van der Waals surface area contributed by atoms with Crippen LogP contribution < -0.4 is 10.7 Å². The van der Waals surface area contributed by atoms with Crippen molar-refractivity contribution in [1.82, 2.24) is 10.3 Å². The highest BCUT2D eigenvalue weighted by atomic mass is 35.5. The summed E-state index contributed by atoms with van der Waals surface area (Å²) < 4.78 is 0. The Morgan fingerprint density at radius 1 is 1.56 bits per heavy atom. The van der Waals surface area contributed by atoms with Crippen LogP contribution in [0.25, 0.3) is 0 Å². The van der Waals surface area contributed by atoms with E-state index in [1.165, 1.54) is 0 Å². The number of nitrogens with zero attached hydrogens (tertiary/aromatic N) is 2. The number of anilines is 1. The molecule has 0 aromatic carbocycles. The van der Waals surface area contributed by atoms with Gasteiger partial charge in [0.25, 0.3) is 0 Å². The molecule has 0 spiro atoms. The average molecular weight is 239 g/mol. The number of carbonyl (C=O) groups excluding carboxylic acids is 1. The van der Waals surface area contributed by atoms with Gasteiger partial charge in [0.05, 0.1) is 12.1 Å². The third-order valence-corrected chi connectivity index (χ3v) is 2.38. The van der Waals surface area contributed by atoms with E-state index < -0.39 is 0 Å². The molecule has 5 nitrogen and oxygen atoms in total. The van der Waals surface area contributed by atoms with Crippen molar-refractivity contribution in [2.45, 2.75) is 12.8 Å². The molecule has 2 heterocycles. The molecule has 84 valence electrons. The lowest BCUT2D eigenvalue weighted by molar-refractivity contribution is -0.120. The van der Waals surface area contributed by atoms with Gasteiger partial charge in [-0.15, -0.1) is 0 Å². The Bertz CT molecular complexity index is 433. The topological polar surface area (TPSA) is 66.4 Å². The number of aromatic nitrogens is 1. The maximum atomic E-state index is 11.1. The number of nitrogens with one attached hydrogen (secondary N) is 2. The quantitative estimate of drug-likeness (QED) is 0.605. The first-order valence-corrected chi connectivity index (χ1v) is 5.31. The fourth-order valence-electron chi connectivity index (χ4n) is 1.39. The van der Waals surface area contributed by atoms with E-state index in [0.717, 1.165) is 17.8 Å². The van der Waals surface area contributed by atoms with Crippen LogP contribution in [0.5, 0.6) is 0 Å². The number of hydrazone groups is 1. The number of rotatable bonds is 2. The summed E-state index contributed by atoms with van der Waals surface area (Å²) in [6.07, 6.45) is 2.72. The average Bonchev–Trinajstić information content (AvgIpc) is 2.27. The van der Waals surface area contributed by atoms with E-state index in [-0.39, 0.29) is 5.91 Å². The van der Waals surface area contributed by atoms with E-state index in [4.69, 9.17) is 11.6 Å². The molecule has 0 saturated carbocycles. The van der Waals surface area contributed by atoms with Crippen LogP contribution in [0.1, 0.15) is 12.8 Å². The van der Waals surface area contributed by atoms with Crippen LogP contribution >= 0.6 is 11.6 Å². The lowest BCUT2D eigenvalue weighted by Gasteiger charge is -2.13. The van der Waals surface area contributed by atoms with Crippen LogP contribution in [0, 0.1) is 0 Å². The van der Waals surface area contributed by atoms with Crippen LogP contribution in [-0.2, 0) is 4.79 Å². The summed E-state index contributed by atoms with van der Waals surface area (Å²) in [5.74, 6) is 0.0135. The van der Waals surface area contributed by atoms with Crippen molar-refractivity contribution in [3.05, 3.63) is 23.5 Å². The van der Waals surface area contributed by atoms with Crippen molar-refractivity contribution in [2.24, 2.45) is 5.10 Å². The molecule has 1 amide bonds. The number of amides is 1. The van der Waals surface area contributed by atoms with Gasteiger partial charge in [0, 0.05) is 30.9 Å². The summed E-state index contributed by atoms with van der Waals surface area (Å²) in [4.78, 5) is 14.9. The molecular weight excluding hydrogens is 228 g/mol. The number of pyridine rings is 1. The van der Waals surface area contributed by atoms with E-state index in [0.29, 0.717) is 18.1 Å². The van der Waals surface area contributed by atoms with Crippen molar-refractivity contribution in [2.75, 3.05) is 12.0 Å². The van der Waals surface area contributed by atoms with E-state index in [1.54, 1.807) is 18.3 Å². The molecule has 0 aliphatic carbocycles. The SMILES string of the molecule is O=C1CC(=NNc2ccnc(Cl)c2)CCN1. The predicted molar refractivity (Wildman–Crippen MR) is 62.5 cm³/mol. The summed E-state index contributed by atoms with van der Waals surface area (Å²) >= 11 is 5.73. The molecule has 1 aromatic heterocycles. The Balaban J connectivity index is 2.00. The fourth-order valence-corrected chi connectivity index (χ4v) is 1.57. The number of hydrogen-bond donors (Lipinski definition) is 2. The summed E-state index contributed by atoms with van der Waals surface area (Å²) in [5, 5.41) is 7.31. The zero-order valence-electron chi connectivity index (χ0n) is 8.53. The van der Waals surface area contributed by atoms with Crippen LogP contribution in [0.4, 0.5) is 5.69 Å². The number of hydrogen-bond acceptors (Lipinski definition) is 4. The highest BCUT2D eigenvalue weighted by Gasteiger charge is 2.13. The van der Waals surface area contributed by atoms with Crippen molar-refractivity contribution >= 4 is 28.9 Å². The molecule has 1 saturated heterocycles. The first-order valence-electron chi connectivity index (χ1n) is 4.94. The van der Waals surface area contributed by atoms with Crippen molar-refractivity contribution < 1.29 is 4.79 Å². The van der Waals surface area contributed by atoms with Crippen molar-refractivity contribution in [3.63, 3.8) is 0 Å². The molecule has 2 N–H and O–H groups in total. The maximum Gasteiger partial charge on any atom is 0.225 e. The molecule has 1 fully saturated rings. The highest BCUT2D eigenvalue weighted by molar-refractivity contribution is 6.29. The molecule has 0 atom stereocenters. The molecular formula is C10H11ClN4O. The number of carbonyl (C=O) groups is 1. The summed E-state index contributed by atoms with van der Waals surface area (Å²) in [5.41, 5.74) is 4.47. The molecule has 16 heavy (non-hydrogen) atoms. The maximum absolute atomic E-state index is 11.1.